The average molecular weight is 288 g/mol. The number of hydrogen-bond donors (Lipinski definition) is 1. The largest absolute Gasteiger partial charge is 0.351 e. The van der Waals surface area contributed by atoms with E-state index in [9.17, 15) is 14.4 Å². The van der Waals surface area contributed by atoms with Gasteiger partial charge in [-0.3, -0.25) is 14.9 Å². The predicted molar refractivity (Wildman–Crippen MR) is 75.0 cm³/mol. The van der Waals surface area contributed by atoms with Gasteiger partial charge in [0, 0.05) is 12.6 Å². The van der Waals surface area contributed by atoms with E-state index in [-0.39, 0.29) is 18.0 Å². The molecule has 2 aromatic heterocycles. The molecular formula is C14H16N4O3. The van der Waals surface area contributed by atoms with Gasteiger partial charge in [-0.15, -0.1) is 5.10 Å². The summed E-state index contributed by atoms with van der Waals surface area (Å²) in [5.74, 6) is -0.490. The number of nitrogens with zero attached hydrogens (tertiary/aromatic N) is 3. The second-order valence-corrected chi connectivity index (χ2v) is 5.54. The molecule has 2 amide bonds. The van der Waals surface area contributed by atoms with Crippen molar-refractivity contribution in [2.24, 2.45) is 0 Å². The third-order valence-corrected chi connectivity index (χ3v) is 3.73. The molecule has 0 aliphatic carbocycles. The zero-order chi connectivity index (χ0) is 15.1. The van der Waals surface area contributed by atoms with E-state index in [1.54, 1.807) is 12.3 Å². The van der Waals surface area contributed by atoms with Crippen molar-refractivity contribution >= 4 is 17.5 Å². The molecule has 21 heavy (non-hydrogen) atoms. The van der Waals surface area contributed by atoms with Gasteiger partial charge < -0.3 is 0 Å². The number of hydrogen-bond acceptors (Lipinski definition) is 4. The maximum atomic E-state index is 12.4. The minimum atomic E-state index is -0.724. The number of nitrogens with one attached hydrogen (secondary N) is 1. The molecule has 1 atom stereocenters. The van der Waals surface area contributed by atoms with Crippen molar-refractivity contribution in [3.63, 3.8) is 0 Å². The Morgan fingerprint density at radius 3 is 2.71 bits per heavy atom. The lowest BCUT2D eigenvalue weighted by molar-refractivity contribution is -0.136. The van der Waals surface area contributed by atoms with E-state index >= 15 is 0 Å². The van der Waals surface area contributed by atoms with Crippen LogP contribution < -0.4 is 11.0 Å². The number of carbonyl (C=O) groups is 2. The Morgan fingerprint density at radius 1 is 1.29 bits per heavy atom. The van der Waals surface area contributed by atoms with Crippen molar-refractivity contribution in [2.45, 2.75) is 38.6 Å². The van der Waals surface area contributed by atoms with E-state index < -0.39 is 11.9 Å². The van der Waals surface area contributed by atoms with E-state index in [1.165, 1.54) is 9.08 Å². The normalized spacial score (nSPS) is 19.3. The third-order valence-electron chi connectivity index (χ3n) is 3.73. The van der Waals surface area contributed by atoms with Crippen molar-refractivity contribution in [3.8, 4) is 0 Å². The van der Waals surface area contributed by atoms with Crippen LogP contribution in [0.2, 0.25) is 0 Å². The summed E-state index contributed by atoms with van der Waals surface area (Å²) in [7, 11) is 0. The van der Waals surface area contributed by atoms with Gasteiger partial charge in [0.2, 0.25) is 5.91 Å². The van der Waals surface area contributed by atoms with Gasteiger partial charge >= 0.3 is 5.69 Å². The Labute approximate surface area is 120 Å². The molecular weight excluding hydrogens is 272 g/mol. The molecule has 1 aliphatic heterocycles. The minimum Gasteiger partial charge on any atom is -0.295 e. The number of rotatable bonds is 2. The molecule has 0 aromatic carbocycles. The van der Waals surface area contributed by atoms with E-state index in [0.29, 0.717) is 18.0 Å². The van der Waals surface area contributed by atoms with E-state index in [2.05, 4.69) is 10.4 Å². The van der Waals surface area contributed by atoms with Crippen molar-refractivity contribution in [1.29, 1.82) is 0 Å². The van der Waals surface area contributed by atoms with Crippen LogP contribution in [0.3, 0.4) is 0 Å². The lowest BCUT2D eigenvalue weighted by Gasteiger charge is -2.19. The van der Waals surface area contributed by atoms with Gasteiger partial charge in [0.05, 0.1) is 0 Å². The molecule has 3 heterocycles. The molecule has 1 aliphatic rings. The molecule has 0 bridgehead atoms. The predicted octanol–water partition coefficient (Wildman–Crippen LogP) is 0.597. The molecule has 1 unspecified atom stereocenters. The lowest BCUT2D eigenvalue weighted by atomic mass is 10.1. The average Bonchev–Trinajstić information content (AvgIpc) is 2.75. The Bertz CT molecular complexity index is 787. The van der Waals surface area contributed by atoms with Crippen molar-refractivity contribution < 1.29 is 9.59 Å². The molecule has 0 spiro atoms. The Hall–Kier alpha value is -2.44. The van der Waals surface area contributed by atoms with Gasteiger partial charge in [0.1, 0.15) is 6.04 Å². The molecule has 2 aromatic rings. The molecule has 0 saturated carbocycles. The number of fused-ring (bicyclic) bond motifs is 1. The van der Waals surface area contributed by atoms with Gasteiger partial charge in [0.15, 0.2) is 5.65 Å². The van der Waals surface area contributed by atoms with Crippen molar-refractivity contribution in [2.75, 3.05) is 0 Å². The van der Waals surface area contributed by atoms with Crippen LogP contribution in [0.25, 0.3) is 5.65 Å². The highest BCUT2D eigenvalue weighted by molar-refractivity contribution is 5.99. The standard InChI is InChI=1S/C14H16N4O3/c1-8(2)9-3-5-11-16-18(14(21)17(11)7-9)10-4-6-12(19)15-13(10)20/h3,5,7-8,10H,4,6H2,1-2H3,(H,15,19,20). The zero-order valence-electron chi connectivity index (χ0n) is 11.9. The van der Waals surface area contributed by atoms with Crippen LogP contribution in [0, 0.1) is 0 Å². The summed E-state index contributed by atoms with van der Waals surface area (Å²) in [6.07, 6.45) is 2.26. The number of carbonyl (C=O) groups excluding carboxylic acids is 2. The molecule has 110 valence electrons. The fourth-order valence-electron chi connectivity index (χ4n) is 2.47. The summed E-state index contributed by atoms with van der Waals surface area (Å²) in [6.45, 7) is 4.08. The van der Waals surface area contributed by atoms with Crippen molar-refractivity contribution in [3.05, 3.63) is 34.4 Å². The monoisotopic (exact) mass is 288 g/mol. The summed E-state index contributed by atoms with van der Waals surface area (Å²) < 4.78 is 2.61. The lowest BCUT2D eigenvalue weighted by Crippen LogP contribution is -2.44. The van der Waals surface area contributed by atoms with Crippen molar-refractivity contribution in [1.82, 2.24) is 19.5 Å². The highest BCUT2D eigenvalue weighted by atomic mass is 16.2. The maximum Gasteiger partial charge on any atom is 0.351 e. The zero-order valence-corrected chi connectivity index (χ0v) is 11.9. The maximum absolute atomic E-state index is 12.4. The summed E-state index contributed by atoms with van der Waals surface area (Å²) >= 11 is 0. The first-order valence-electron chi connectivity index (χ1n) is 6.92. The van der Waals surface area contributed by atoms with Crippen LogP contribution >= 0.6 is 0 Å². The van der Waals surface area contributed by atoms with Crippen LogP contribution in [-0.2, 0) is 9.59 Å². The smallest absolute Gasteiger partial charge is 0.295 e. The van der Waals surface area contributed by atoms with Crippen LogP contribution in [0.1, 0.15) is 44.2 Å². The quantitative estimate of drug-likeness (QED) is 0.820. The molecule has 0 radical (unpaired) electrons. The minimum absolute atomic E-state index is 0.216. The van der Waals surface area contributed by atoms with Crippen LogP contribution in [0.15, 0.2) is 23.1 Å². The summed E-state index contributed by atoms with van der Waals surface area (Å²) in [6, 6.07) is 2.96. The Balaban J connectivity index is 2.08. The molecule has 1 N–H and O–H groups in total. The highest BCUT2D eigenvalue weighted by Crippen LogP contribution is 2.18. The molecule has 3 rings (SSSR count). The first kappa shape index (κ1) is 13.5. The molecule has 1 fully saturated rings. The number of amides is 2. The SMILES string of the molecule is CC(C)c1ccc2nn(C3CCC(=O)NC3=O)c(=O)n2c1. The van der Waals surface area contributed by atoms with Gasteiger partial charge in [-0.05, 0) is 24.0 Å². The summed E-state index contributed by atoms with van der Waals surface area (Å²) in [5.41, 5.74) is 1.16. The van der Waals surface area contributed by atoms with E-state index in [1.807, 2.05) is 19.9 Å². The number of piperidine rings is 1. The first-order valence-corrected chi connectivity index (χ1v) is 6.92. The highest BCUT2D eigenvalue weighted by Gasteiger charge is 2.30. The van der Waals surface area contributed by atoms with Gasteiger partial charge in [-0.2, -0.15) is 4.68 Å². The summed E-state index contributed by atoms with van der Waals surface area (Å²) in [4.78, 5) is 35.5. The fraction of sp³-hybridized carbons (Fsp3) is 0.429. The fourth-order valence-corrected chi connectivity index (χ4v) is 2.47. The van der Waals surface area contributed by atoms with Gasteiger partial charge in [-0.1, -0.05) is 19.9 Å². The van der Waals surface area contributed by atoms with Gasteiger partial charge in [-0.25, -0.2) is 9.20 Å². The Morgan fingerprint density at radius 2 is 2.05 bits per heavy atom. The number of aromatic nitrogens is 3. The first-order chi connectivity index (χ1) is 9.97. The van der Waals surface area contributed by atoms with Crippen LogP contribution in [0.5, 0.6) is 0 Å². The Kier molecular flexibility index (Phi) is 3.12. The number of imide groups is 1. The topological polar surface area (TPSA) is 85.5 Å². The molecule has 7 heteroatoms. The molecule has 7 nitrogen and oxygen atoms in total. The van der Waals surface area contributed by atoms with Gasteiger partial charge in [0.25, 0.3) is 5.91 Å². The summed E-state index contributed by atoms with van der Waals surface area (Å²) in [5, 5.41) is 6.45. The third kappa shape index (κ3) is 2.24. The van der Waals surface area contributed by atoms with Crippen LogP contribution in [0.4, 0.5) is 0 Å². The second-order valence-electron chi connectivity index (χ2n) is 5.54. The van der Waals surface area contributed by atoms with Crippen LogP contribution in [-0.4, -0.2) is 26.0 Å². The number of pyridine rings is 1. The second kappa shape index (κ2) is 4.83. The molecule has 1 saturated heterocycles. The van der Waals surface area contributed by atoms with E-state index in [0.717, 1.165) is 5.56 Å². The van der Waals surface area contributed by atoms with E-state index in [4.69, 9.17) is 0 Å².